The van der Waals surface area contributed by atoms with Crippen molar-refractivity contribution in [1.82, 2.24) is 15.0 Å². The third kappa shape index (κ3) is 3.39. The molecule has 23 heavy (non-hydrogen) atoms. The molecule has 0 saturated carbocycles. The second-order valence-electron chi connectivity index (χ2n) is 5.29. The molecule has 5 heteroatoms. The number of aromatic nitrogens is 3. The molecule has 3 aromatic rings. The van der Waals surface area contributed by atoms with Crippen LogP contribution in [0.3, 0.4) is 0 Å². The minimum absolute atomic E-state index is 0.164. The minimum Gasteiger partial charge on any atom is -0.466 e. The molecule has 0 bridgehead atoms. The number of hydrogen-bond donors (Lipinski definition) is 1. The van der Waals surface area contributed by atoms with E-state index in [1.54, 1.807) is 6.92 Å². The topological polar surface area (TPSA) is 67.9 Å². The quantitative estimate of drug-likeness (QED) is 0.734. The summed E-state index contributed by atoms with van der Waals surface area (Å²) in [5, 5.41) is 0. The van der Waals surface area contributed by atoms with Crippen LogP contribution in [-0.4, -0.2) is 27.5 Å². The van der Waals surface area contributed by atoms with Crippen LogP contribution in [-0.2, 0) is 22.4 Å². The molecular formula is C18H19N3O2. The zero-order valence-corrected chi connectivity index (χ0v) is 13.3. The van der Waals surface area contributed by atoms with Crippen LogP contribution >= 0.6 is 0 Å². The first-order chi connectivity index (χ1) is 11.2. The number of esters is 1. The van der Waals surface area contributed by atoms with Gasteiger partial charge in [-0.15, -0.1) is 0 Å². The average Bonchev–Trinajstić information content (AvgIpc) is 2.98. The molecule has 0 spiro atoms. The van der Waals surface area contributed by atoms with Crippen LogP contribution in [0.5, 0.6) is 0 Å². The molecule has 5 nitrogen and oxygen atoms in total. The third-order valence-corrected chi connectivity index (χ3v) is 3.67. The summed E-state index contributed by atoms with van der Waals surface area (Å²) in [6.07, 6.45) is 1.18. The number of nitrogens with one attached hydrogen (secondary N) is 1. The number of nitrogens with zero attached hydrogens (tertiary/aromatic N) is 2. The Hall–Kier alpha value is -2.69. The molecule has 0 amide bonds. The molecule has 0 aliphatic rings. The maximum Gasteiger partial charge on any atom is 0.311 e. The van der Waals surface area contributed by atoms with E-state index in [9.17, 15) is 4.79 Å². The first-order valence-electron chi connectivity index (χ1n) is 7.80. The molecule has 0 fully saturated rings. The second-order valence-corrected chi connectivity index (χ2v) is 5.29. The number of aryl methyl sites for hydroxylation is 1. The zero-order chi connectivity index (χ0) is 16.2. The van der Waals surface area contributed by atoms with E-state index in [1.165, 1.54) is 5.56 Å². The highest BCUT2D eigenvalue weighted by Gasteiger charge is 2.10. The van der Waals surface area contributed by atoms with Gasteiger partial charge >= 0.3 is 5.97 Å². The lowest BCUT2D eigenvalue weighted by Gasteiger charge is -2.00. The van der Waals surface area contributed by atoms with Crippen LogP contribution in [0.25, 0.3) is 22.6 Å². The predicted octanol–water partition coefficient (Wildman–Crippen LogP) is 3.29. The van der Waals surface area contributed by atoms with Crippen LogP contribution < -0.4 is 0 Å². The average molecular weight is 309 g/mol. The molecule has 1 N–H and O–H groups in total. The molecule has 0 atom stereocenters. The summed E-state index contributed by atoms with van der Waals surface area (Å²) in [5.41, 5.74) is 4.44. The van der Waals surface area contributed by atoms with Gasteiger partial charge in [-0.05, 0) is 31.0 Å². The lowest BCUT2D eigenvalue weighted by molar-refractivity contribution is -0.142. The molecular weight excluding hydrogens is 290 g/mol. The molecule has 1 aromatic carbocycles. The van der Waals surface area contributed by atoms with Crippen LogP contribution in [0.2, 0.25) is 0 Å². The number of H-pyrrole nitrogens is 1. The Bertz CT molecular complexity index is 822. The van der Waals surface area contributed by atoms with Gasteiger partial charge in [0.15, 0.2) is 5.65 Å². The summed E-state index contributed by atoms with van der Waals surface area (Å²) < 4.78 is 4.95. The van der Waals surface area contributed by atoms with Gasteiger partial charge in [-0.2, -0.15) is 0 Å². The van der Waals surface area contributed by atoms with Gasteiger partial charge in [0.1, 0.15) is 5.82 Å². The van der Waals surface area contributed by atoms with Crippen LogP contribution in [0.4, 0.5) is 0 Å². The summed E-state index contributed by atoms with van der Waals surface area (Å²) in [5.74, 6) is 0.508. The molecule has 0 aliphatic heterocycles. The van der Waals surface area contributed by atoms with Gasteiger partial charge in [0.25, 0.3) is 0 Å². The van der Waals surface area contributed by atoms with Crippen molar-refractivity contribution in [2.75, 3.05) is 6.61 Å². The molecule has 3 rings (SSSR count). The van der Waals surface area contributed by atoms with E-state index in [1.807, 2.05) is 12.1 Å². The summed E-state index contributed by atoms with van der Waals surface area (Å²) >= 11 is 0. The molecule has 0 unspecified atom stereocenters. The number of aromatic amines is 1. The van der Waals surface area contributed by atoms with E-state index in [2.05, 4.69) is 46.1 Å². The van der Waals surface area contributed by atoms with Crippen molar-refractivity contribution in [3.05, 3.63) is 47.7 Å². The number of benzene rings is 1. The monoisotopic (exact) mass is 309 g/mol. The zero-order valence-electron chi connectivity index (χ0n) is 13.3. The van der Waals surface area contributed by atoms with Gasteiger partial charge in [0.05, 0.1) is 24.2 Å². The van der Waals surface area contributed by atoms with Crippen molar-refractivity contribution in [3.8, 4) is 11.4 Å². The summed E-state index contributed by atoms with van der Waals surface area (Å²) in [6.45, 7) is 4.30. The Morgan fingerprint density at radius 1 is 1.09 bits per heavy atom. The fourth-order valence-corrected chi connectivity index (χ4v) is 2.43. The molecule has 118 valence electrons. The van der Waals surface area contributed by atoms with Crippen molar-refractivity contribution in [1.29, 1.82) is 0 Å². The molecule has 0 saturated heterocycles. The van der Waals surface area contributed by atoms with E-state index in [4.69, 9.17) is 4.74 Å². The highest BCUT2D eigenvalue weighted by atomic mass is 16.5. The van der Waals surface area contributed by atoms with Gasteiger partial charge in [0, 0.05) is 5.56 Å². The van der Waals surface area contributed by atoms with E-state index in [-0.39, 0.29) is 12.4 Å². The molecule has 2 aromatic heterocycles. The number of pyridine rings is 1. The van der Waals surface area contributed by atoms with E-state index in [0.29, 0.717) is 17.9 Å². The van der Waals surface area contributed by atoms with E-state index in [0.717, 1.165) is 23.3 Å². The minimum atomic E-state index is -0.273. The van der Waals surface area contributed by atoms with Crippen LogP contribution in [0, 0.1) is 0 Å². The van der Waals surface area contributed by atoms with Crippen molar-refractivity contribution in [2.24, 2.45) is 0 Å². The number of ether oxygens (including phenoxy) is 1. The third-order valence-electron chi connectivity index (χ3n) is 3.67. The lowest BCUT2D eigenvalue weighted by Crippen LogP contribution is -2.08. The van der Waals surface area contributed by atoms with Gasteiger partial charge < -0.3 is 9.72 Å². The van der Waals surface area contributed by atoms with Crippen molar-refractivity contribution in [3.63, 3.8) is 0 Å². The summed E-state index contributed by atoms with van der Waals surface area (Å²) in [6, 6.07) is 12.0. The van der Waals surface area contributed by atoms with Crippen LogP contribution in [0.1, 0.15) is 25.1 Å². The van der Waals surface area contributed by atoms with Gasteiger partial charge in [0.2, 0.25) is 0 Å². The van der Waals surface area contributed by atoms with E-state index >= 15 is 0 Å². The number of imidazole rings is 1. The summed E-state index contributed by atoms with van der Waals surface area (Å²) in [7, 11) is 0. The van der Waals surface area contributed by atoms with Crippen LogP contribution in [0.15, 0.2) is 36.4 Å². The van der Waals surface area contributed by atoms with Crippen molar-refractivity contribution in [2.45, 2.75) is 26.7 Å². The molecule has 2 heterocycles. The largest absolute Gasteiger partial charge is 0.466 e. The number of hydrogen-bond acceptors (Lipinski definition) is 4. The number of carbonyl (C=O) groups is 1. The van der Waals surface area contributed by atoms with Crippen molar-refractivity contribution < 1.29 is 9.53 Å². The lowest BCUT2D eigenvalue weighted by atomic mass is 10.1. The Morgan fingerprint density at radius 2 is 1.87 bits per heavy atom. The molecule has 0 aliphatic carbocycles. The highest BCUT2D eigenvalue weighted by Crippen LogP contribution is 2.20. The first-order valence-corrected chi connectivity index (χ1v) is 7.80. The SMILES string of the molecule is CCOC(=O)Cc1ccc2[nH]c(-c3ccc(CC)cc3)nc2n1. The fraction of sp³-hybridized carbons (Fsp3) is 0.278. The van der Waals surface area contributed by atoms with Crippen molar-refractivity contribution >= 4 is 17.1 Å². The maximum absolute atomic E-state index is 11.5. The van der Waals surface area contributed by atoms with Gasteiger partial charge in [-0.25, -0.2) is 9.97 Å². The summed E-state index contributed by atoms with van der Waals surface area (Å²) in [4.78, 5) is 23.8. The molecule has 0 radical (unpaired) electrons. The first kappa shape index (κ1) is 15.2. The van der Waals surface area contributed by atoms with Gasteiger partial charge in [-0.1, -0.05) is 31.2 Å². The smallest absolute Gasteiger partial charge is 0.311 e. The predicted molar refractivity (Wildman–Crippen MR) is 89.0 cm³/mol. The normalized spacial score (nSPS) is 10.9. The second kappa shape index (κ2) is 6.60. The van der Waals surface area contributed by atoms with E-state index < -0.39 is 0 Å². The maximum atomic E-state index is 11.5. The Balaban J connectivity index is 1.87. The van der Waals surface area contributed by atoms with Gasteiger partial charge in [-0.3, -0.25) is 4.79 Å². The standard InChI is InChI=1S/C18H19N3O2/c1-3-12-5-7-13(8-6-12)17-20-15-10-9-14(19-18(15)21-17)11-16(22)23-4-2/h5-10H,3-4,11H2,1-2H3,(H,19,20,21). The Morgan fingerprint density at radius 3 is 2.57 bits per heavy atom. The Labute approximate surface area is 134 Å². The number of fused-ring (bicyclic) bond motifs is 1. The Kier molecular flexibility index (Phi) is 4.37. The number of carbonyl (C=O) groups excluding carboxylic acids is 1. The highest BCUT2D eigenvalue weighted by molar-refractivity contribution is 5.77. The number of rotatable bonds is 5. The fourth-order valence-electron chi connectivity index (χ4n) is 2.43.